The topological polar surface area (TPSA) is 51.0 Å². The Morgan fingerprint density at radius 2 is 1.83 bits per heavy atom. The third-order valence-electron chi connectivity index (χ3n) is 3.70. The first-order chi connectivity index (χ1) is 11.6. The lowest BCUT2D eigenvalue weighted by Crippen LogP contribution is -2.27. The first-order valence-corrected chi connectivity index (χ1v) is 7.92. The molecule has 0 spiro atoms. The van der Waals surface area contributed by atoms with Crippen molar-refractivity contribution >= 4 is 17.3 Å². The van der Waals surface area contributed by atoms with Crippen LogP contribution in [0, 0.1) is 0 Å². The summed E-state index contributed by atoms with van der Waals surface area (Å²) in [7, 11) is 1.87. The van der Waals surface area contributed by atoms with E-state index in [1.807, 2.05) is 54.4 Å². The predicted molar refractivity (Wildman–Crippen MR) is 95.4 cm³/mol. The van der Waals surface area contributed by atoms with Gasteiger partial charge in [-0.1, -0.05) is 48.0 Å². The fourth-order valence-corrected chi connectivity index (χ4v) is 2.73. The molecule has 0 aliphatic carbocycles. The summed E-state index contributed by atoms with van der Waals surface area (Å²) in [5, 5.41) is 4.43. The van der Waals surface area contributed by atoms with Crippen molar-refractivity contribution in [2.45, 2.75) is 13.1 Å². The van der Waals surface area contributed by atoms with E-state index in [2.05, 4.69) is 10.1 Å². The number of pyridine rings is 1. The van der Waals surface area contributed by atoms with E-state index in [0.717, 1.165) is 11.1 Å². The molecule has 2 aromatic heterocycles. The standard InChI is InChI=1S/C18H17ClN4O/c1-22(12-15-8-5-9-20-10-15)16-11-21-23(18(24)17(16)19)13-14-6-3-2-4-7-14/h2-11H,12-13H2,1H3. The number of aromatic nitrogens is 3. The first-order valence-electron chi connectivity index (χ1n) is 7.55. The average Bonchev–Trinajstić information content (AvgIpc) is 2.61. The number of hydrogen-bond acceptors (Lipinski definition) is 4. The molecule has 122 valence electrons. The fourth-order valence-electron chi connectivity index (χ4n) is 2.44. The van der Waals surface area contributed by atoms with Crippen LogP contribution in [0.5, 0.6) is 0 Å². The highest BCUT2D eigenvalue weighted by Gasteiger charge is 2.13. The van der Waals surface area contributed by atoms with Crippen LogP contribution in [0.2, 0.25) is 5.02 Å². The fraction of sp³-hybridized carbons (Fsp3) is 0.167. The maximum atomic E-state index is 12.5. The van der Waals surface area contributed by atoms with Gasteiger partial charge in [-0.05, 0) is 17.2 Å². The average molecular weight is 341 g/mol. The number of nitrogens with zero attached hydrogens (tertiary/aromatic N) is 4. The molecule has 0 radical (unpaired) electrons. The van der Waals surface area contributed by atoms with E-state index in [1.54, 1.807) is 18.6 Å². The minimum Gasteiger partial charge on any atom is -0.368 e. The van der Waals surface area contributed by atoms with Crippen LogP contribution in [-0.2, 0) is 13.1 Å². The second-order valence-corrected chi connectivity index (χ2v) is 5.89. The van der Waals surface area contributed by atoms with Crippen LogP contribution in [-0.4, -0.2) is 21.8 Å². The van der Waals surface area contributed by atoms with Gasteiger partial charge in [-0.25, -0.2) is 4.68 Å². The second kappa shape index (κ2) is 7.27. The van der Waals surface area contributed by atoms with Crippen LogP contribution < -0.4 is 10.5 Å². The third kappa shape index (κ3) is 3.63. The highest BCUT2D eigenvalue weighted by molar-refractivity contribution is 6.33. The molecule has 5 nitrogen and oxygen atoms in total. The molecule has 0 aliphatic rings. The lowest BCUT2D eigenvalue weighted by Gasteiger charge is -2.20. The van der Waals surface area contributed by atoms with Gasteiger partial charge >= 0.3 is 0 Å². The van der Waals surface area contributed by atoms with Crippen molar-refractivity contribution in [3.63, 3.8) is 0 Å². The van der Waals surface area contributed by atoms with Crippen molar-refractivity contribution in [1.82, 2.24) is 14.8 Å². The van der Waals surface area contributed by atoms with E-state index in [-0.39, 0.29) is 10.6 Å². The van der Waals surface area contributed by atoms with Gasteiger partial charge in [0, 0.05) is 26.0 Å². The quantitative estimate of drug-likeness (QED) is 0.716. The maximum absolute atomic E-state index is 12.5. The highest BCUT2D eigenvalue weighted by Crippen LogP contribution is 2.21. The molecule has 0 fully saturated rings. The van der Waals surface area contributed by atoms with Crippen LogP contribution in [0.1, 0.15) is 11.1 Å². The molecule has 2 heterocycles. The Bertz CT molecular complexity index is 865. The maximum Gasteiger partial charge on any atom is 0.287 e. The number of anilines is 1. The summed E-state index contributed by atoms with van der Waals surface area (Å²) in [5.41, 5.74) is 2.34. The molecule has 0 amide bonds. The normalized spacial score (nSPS) is 10.6. The Hall–Kier alpha value is -2.66. The first kappa shape index (κ1) is 16.2. The van der Waals surface area contributed by atoms with Gasteiger partial charge in [-0.3, -0.25) is 9.78 Å². The number of rotatable bonds is 5. The molecule has 1 aromatic carbocycles. The van der Waals surface area contributed by atoms with Crippen LogP contribution >= 0.6 is 11.6 Å². The lowest BCUT2D eigenvalue weighted by atomic mass is 10.2. The van der Waals surface area contributed by atoms with E-state index >= 15 is 0 Å². The van der Waals surface area contributed by atoms with Crippen LogP contribution in [0.3, 0.4) is 0 Å². The summed E-state index contributed by atoms with van der Waals surface area (Å²) in [5.74, 6) is 0. The van der Waals surface area contributed by atoms with Gasteiger partial charge in [0.1, 0.15) is 5.02 Å². The summed E-state index contributed by atoms with van der Waals surface area (Å²) < 4.78 is 1.37. The zero-order valence-corrected chi connectivity index (χ0v) is 14.0. The molecule has 0 bridgehead atoms. The SMILES string of the molecule is CN(Cc1cccnc1)c1cnn(Cc2ccccc2)c(=O)c1Cl. The molecule has 0 atom stereocenters. The second-order valence-electron chi connectivity index (χ2n) is 5.51. The summed E-state index contributed by atoms with van der Waals surface area (Å²) in [4.78, 5) is 18.5. The zero-order valence-electron chi connectivity index (χ0n) is 13.3. The van der Waals surface area contributed by atoms with Crippen molar-refractivity contribution in [3.8, 4) is 0 Å². The van der Waals surface area contributed by atoms with Crippen LogP contribution in [0.4, 0.5) is 5.69 Å². The van der Waals surface area contributed by atoms with E-state index < -0.39 is 0 Å². The Balaban J connectivity index is 1.83. The van der Waals surface area contributed by atoms with Gasteiger partial charge in [0.2, 0.25) is 0 Å². The number of halogens is 1. The summed E-state index contributed by atoms with van der Waals surface area (Å²) in [6.45, 7) is 0.989. The largest absolute Gasteiger partial charge is 0.368 e. The van der Waals surface area contributed by atoms with Crippen molar-refractivity contribution in [2.75, 3.05) is 11.9 Å². The van der Waals surface area contributed by atoms with Gasteiger partial charge in [0.25, 0.3) is 5.56 Å². The molecule has 24 heavy (non-hydrogen) atoms. The molecule has 0 aliphatic heterocycles. The van der Waals surface area contributed by atoms with Crippen LogP contribution in [0.25, 0.3) is 0 Å². The molecular formula is C18H17ClN4O. The van der Waals surface area contributed by atoms with Gasteiger partial charge < -0.3 is 4.90 Å². The molecule has 0 saturated heterocycles. The molecule has 0 N–H and O–H groups in total. The minimum absolute atomic E-state index is 0.173. The smallest absolute Gasteiger partial charge is 0.287 e. The number of benzene rings is 1. The van der Waals surface area contributed by atoms with Crippen LogP contribution in [0.15, 0.2) is 65.8 Å². The van der Waals surface area contributed by atoms with E-state index in [0.29, 0.717) is 18.8 Å². The Morgan fingerprint density at radius 3 is 2.54 bits per heavy atom. The highest BCUT2D eigenvalue weighted by atomic mass is 35.5. The molecule has 6 heteroatoms. The van der Waals surface area contributed by atoms with Gasteiger partial charge in [-0.15, -0.1) is 0 Å². The summed E-state index contributed by atoms with van der Waals surface area (Å²) in [6.07, 6.45) is 5.14. The summed E-state index contributed by atoms with van der Waals surface area (Å²) >= 11 is 6.30. The van der Waals surface area contributed by atoms with Crippen molar-refractivity contribution in [1.29, 1.82) is 0 Å². The zero-order chi connectivity index (χ0) is 16.9. The molecule has 3 aromatic rings. The molecule has 0 saturated carbocycles. The third-order valence-corrected chi connectivity index (χ3v) is 4.05. The molecule has 3 rings (SSSR count). The van der Waals surface area contributed by atoms with E-state index in [9.17, 15) is 4.79 Å². The Labute approximate surface area is 145 Å². The van der Waals surface area contributed by atoms with Crippen molar-refractivity contribution in [2.24, 2.45) is 0 Å². The lowest BCUT2D eigenvalue weighted by molar-refractivity contribution is 0.637. The number of hydrogen-bond donors (Lipinski definition) is 0. The molecule has 0 unspecified atom stereocenters. The van der Waals surface area contributed by atoms with E-state index in [1.165, 1.54) is 4.68 Å². The van der Waals surface area contributed by atoms with Crippen molar-refractivity contribution in [3.05, 3.63) is 87.6 Å². The Morgan fingerprint density at radius 1 is 1.08 bits per heavy atom. The van der Waals surface area contributed by atoms with Gasteiger partial charge in [0.15, 0.2) is 0 Å². The van der Waals surface area contributed by atoms with Gasteiger partial charge in [-0.2, -0.15) is 5.10 Å². The van der Waals surface area contributed by atoms with Crippen molar-refractivity contribution < 1.29 is 0 Å². The van der Waals surface area contributed by atoms with E-state index in [4.69, 9.17) is 11.6 Å². The monoisotopic (exact) mass is 340 g/mol. The molecular weight excluding hydrogens is 324 g/mol. The summed E-state index contributed by atoms with van der Waals surface area (Å²) in [6, 6.07) is 13.5. The predicted octanol–water partition coefficient (Wildman–Crippen LogP) is 2.98. The minimum atomic E-state index is -0.295. The van der Waals surface area contributed by atoms with Gasteiger partial charge in [0.05, 0.1) is 18.4 Å². The Kier molecular flexibility index (Phi) is 4.91.